The molecule has 1 N–H and O–H groups in total. The first kappa shape index (κ1) is 17.2. The number of likely N-dealkylation sites (N-methyl/N-ethyl adjacent to an activating group) is 1. The first-order valence-corrected chi connectivity index (χ1v) is 10.3. The molecule has 5 heteroatoms. The molecule has 148 valence electrons. The fourth-order valence-electron chi connectivity index (χ4n) is 6.04. The molecule has 2 aromatic rings. The van der Waals surface area contributed by atoms with E-state index in [-0.39, 0.29) is 11.5 Å². The molecule has 0 aromatic heterocycles. The molecule has 6 rings (SSSR count). The van der Waals surface area contributed by atoms with Crippen molar-refractivity contribution in [2.75, 3.05) is 13.6 Å². The maximum Gasteiger partial charge on any atom is 0.343 e. The summed E-state index contributed by atoms with van der Waals surface area (Å²) in [6, 6.07) is 13.3. The van der Waals surface area contributed by atoms with Gasteiger partial charge < -0.3 is 19.5 Å². The van der Waals surface area contributed by atoms with Gasteiger partial charge in [0.25, 0.3) is 0 Å². The van der Waals surface area contributed by atoms with E-state index in [9.17, 15) is 9.90 Å². The lowest BCUT2D eigenvalue weighted by atomic mass is 9.53. The van der Waals surface area contributed by atoms with E-state index in [2.05, 4.69) is 24.1 Å². The second-order valence-electron chi connectivity index (χ2n) is 8.66. The van der Waals surface area contributed by atoms with Crippen LogP contribution in [-0.2, 0) is 11.8 Å². The lowest BCUT2D eigenvalue weighted by Crippen LogP contribution is -2.64. The summed E-state index contributed by atoms with van der Waals surface area (Å²) in [6.07, 6.45) is 4.94. The average molecular weight is 389 g/mol. The van der Waals surface area contributed by atoms with Gasteiger partial charge in [-0.1, -0.05) is 36.4 Å². The number of aliphatic hydroxyl groups is 1. The lowest BCUT2D eigenvalue weighted by molar-refractivity contribution is -0.0453. The minimum Gasteiger partial charge on any atom is -0.482 e. The van der Waals surface area contributed by atoms with Crippen molar-refractivity contribution < 1.29 is 19.4 Å². The number of benzene rings is 2. The van der Waals surface area contributed by atoms with Gasteiger partial charge in [-0.05, 0) is 50.2 Å². The number of rotatable bonds is 2. The normalized spacial score (nSPS) is 33.7. The van der Waals surface area contributed by atoms with Crippen molar-refractivity contribution in [3.63, 3.8) is 0 Å². The van der Waals surface area contributed by atoms with Gasteiger partial charge >= 0.3 is 5.97 Å². The predicted octanol–water partition coefficient (Wildman–Crippen LogP) is 2.71. The Morgan fingerprint density at radius 1 is 1.21 bits per heavy atom. The second kappa shape index (κ2) is 5.94. The van der Waals surface area contributed by atoms with E-state index in [4.69, 9.17) is 9.47 Å². The van der Waals surface area contributed by atoms with Crippen molar-refractivity contribution in [1.82, 2.24) is 4.90 Å². The quantitative estimate of drug-likeness (QED) is 0.486. The summed E-state index contributed by atoms with van der Waals surface area (Å²) in [5, 5.41) is 10.8. The van der Waals surface area contributed by atoms with Gasteiger partial charge in [0.1, 0.15) is 12.2 Å². The number of aliphatic hydroxyl groups excluding tert-OH is 1. The van der Waals surface area contributed by atoms with Crippen molar-refractivity contribution >= 4 is 5.97 Å². The van der Waals surface area contributed by atoms with Gasteiger partial charge in [0.05, 0.1) is 5.56 Å². The number of esters is 1. The first-order chi connectivity index (χ1) is 14.1. The number of ether oxygens (including phenoxy) is 2. The Balaban J connectivity index is 1.48. The molecule has 2 aromatic carbocycles. The lowest BCUT2D eigenvalue weighted by Gasteiger charge is -2.56. The van der Waals surface area contributed by atoms with E-state index in [0.717, 1.165) is 24.9 Å². The zero-order chi connectivity index (χ0) is 19.8. The van der Waals surface area contributed by atoms with Gasteiger partial charge in [0, 0.05) is 22.9 Å². The smallest absolute Gasteiger partial charge is 0.343 e. The molecule has 0 radical (unpaired) electrons. The zero-order valence-electron chi connectivity index (χ0n) is 16.2. The Hall–Kier alpha value is -2.63. The number of carbonyl (C=O) groups is 1. The summed E-state index contributed by atoms with van der Waals surface area (Å²) in [5.74, 6) is 0.991. The van der Waals surface area contributed by atoms with Crippen LogP contribution in [-0.4, -0.2) is 47.8 Å². The third kappa shape index (κ3) is 2.20. The molecule has 1 fully saturated rings. The van der Waals surface area contributed by atoms with E-state index in [0.29, 0.717) is 29.0 Å². The van der Waals surface area contributed by atoms with Crippen molar-refractivity contribution in [2.45, 2.75) is 36.5 Å². The highest BCUT2D eigenvalue weighted by Crippen LogP contribution is 2.62. The Morgan fingerprint density at radius 2 is 2.03 bits per heavy atom. The Bertz CT molecular complexity index is 1030. The van der Waals surface area contributed by atoms with Crippen molar-refractivity contribution in [3.8, 4) is 11.5 Å². The number of hydrogen-bond donors (Lipinski definition) is 1. The fraction of sp³-hybridized carbons (Fsp3) is 0.375. The predicted molar refractivity (Wildman–Crippen MR) is 107 cm³/mol. The molecule has 5 nitrogen and oxygen atoms in total. The van der Waals surface area contributed by atoms with Gasteiger partial charge in [-0.15, -0.1) is 0 Å². The summed E-state index contributed by atoms with van der Waals surface area (Å²) < 4.78 is 12.2. The van der Waals surface area contributed by atoms with Gasteiger partial charge in [0.2, 0.25) is 0 Å². The Morgan fingerprint density at radius 3 is 2.86 bits per heavy atom. The molecular weight excluding hydrogens is 366 g/mol. The minimum absolute atomic E-state index is 0.247. The van der Waals surface area contributed by atoms with Gasteiger partial charge in [-0.2, -0.15) is 0 Å². The van der Waals surface area contributed by atoms with E-state index < -0.39 is 12.1 Å². The van der Waals surface area contributed by atoms with Crippen LogP contribution in [0.25, 0.3) is 0 Å². The summed E-state index contributed by atoms with van der Waals surface area (Å²) >= 11 is 0. The van der Waals surface area contributed by atoms with Crippen LogP contribution in [0, 0.1) is 5.92 Å². The summed E-state index contributed by atoms with van der Waals surface area (Å²) in [5.41, 5.74) is 2.66. The van der Waals surface area contributed by atoms with E-state index in [1.165, 1.54) is 5.56 Å². The van der Waals surface area contributed by atoms with Gasteiger partial charge in [0.15, 0.2) is 11.5 Å². The van der Waals surface area contributed by atoms with Crippen molar-refractivity contribution in [3.05, 3.63) is 71.3 Å². The number of nitrogens with zero attached hydrogens (tertiary/aromatic N) is 1. The number of hydrogen-bond acceptors (Lipinski definition) is 5. The largest absolute Gasteiger partial charge is 0.482 e. The molecule has 1 spiro atoms. The van der Waals surface area contributed by atoms with Crippen molar-refractivity contribution in [1.29, 1.82) is 0 Å². The standard InChI is InChI=1S/C24H23NO4/c1-25-12-11-24-16-8-9-18(26)22(24)29-21-19(10-7-15(20(21)24)13-17(16)25)28-23(27)14-5-3-2-4-6-14/h2-10,16-18,22,26H,11-13H2,1H3/t16?,17-,18+,22+,24+/m1/s1. The van der Waals surface area contributed by atoms with Crippen LogP contribution in [0.5, 0.6) is 11.5 Å². The van der Waals surface area contributed by atoms with Crippen LogP contribution >= 0.6 is 0 Å². The second-order valence-corrected chi connectivity index (χ2v) is 8.66. The van der Waals surface area contributed by atoms with Crippen LogP contribution < -0.4 is 9.47 Å². The molecule has 2 heterocycles. The van der Waals surface area contributed by atoms with Gasteiger partial charge in [-0.3, -0.25) is 0 Å². The number of piperidine rings is 1. The molecule has 2 aliphatic carbocycles. The molecule has 0 saturated carbocycles. The zero-order valence-corrected chi connectivity index (χ0v) is 16.2. The topological polar surface area (TPSA) is 59.0 Å². The molecule has 5 atom stereocenters. The highest BCUT2D eigenvalue weighted by atomic mass is 16.6. The summed E-state index contributed by atoms with van der Waals surface area (Å²) in [6.45, 7) is 0.967. The third-order valence-electron chi connectivity index (χ3n) is 7.35. The van der Waals surface area contributed by atoms with Crippen LogP contribution in [0.3, 0.4) is 0 Å². The summed E-state index contributed by atoms with van der Waals surface area (Å²) in [4.78, 5) is 15.1. The Kier molecular flexibility index (Phi) is 3.53. The highest BCUT2D eigenvalue weighted by molar-refractivity contribution is 5.91. The van der Waals surface area contributed by atoms with Crippen molar-refractivity contribution in [2.24, 2.45) is 5.92 Å². The van der Waals surface area contributed by atoms with Crippen LogP contribution in [0.15, 0.2) is 54.6 Å². The molecule has 1 unspecified atom stereocenters. The highest BCUT2D eigenvalue weighted by Gasteiger charge is 2.64. The molecule has 4 aliphatic rings. The van der Waals surface area contributed by atoms with Crippen LogP contribution in [0.1, 0.15) is 27.9 Å². The third-order valence-corrected chi connectivity index (χ3v) is 7.35. The maximum atomic E-state index is 12.7. The average Bonchev–Trinajstić information content (AvgIpc) is 3.10. The molecule has 2 bridgehead atoms. The first-order valence-electron chi connectivity index (χ1n) is 10.3. The molecular formula is C24H23NO4. The monoisotopic (exact) mass is 389 g/mol. The molecule has 0 amide bonds. The van der Waals surface area contributed by atoms with E-state index in [1.807, 2.05) is 30.3 Å². The van der Waals surface area contributed by atoms with Crippen LogP contribution in [0.4, 0.5) is 0 Å². The summed E-state index contributed by atoms with van der Waals surface area (Å²) in [7, 11) is 2.18. The number of likely N-dealkylation sites (tertiary alicyclic amines) is 1. The molecule has 1 saturated heterocycles. The van der Waals surface area contributed by atoms with E-state index in [1.54, 1.807) is 12.1 Å². The SMILES string of the molecule is CN1CC[C@]23c4c5ccc(OC(=O)c6ccccc6)c4O[C@H]2[C@@H](O)C=CC3[C@H]1C5. The van der Waals surface area contributed by atoms with Gasteiger partial charge in [-0.25, -0.2) is 4.79 Å². The van der Waals surface area contributed by atoms with E-state index >= 15 is 0 Å². The van der Waals surface area contributed by atoms with Crippen LogP contribution in [0.2, 0.25) is 0 Å². The minimum atomic E-state index is -0.661. The molecule has 2 aliphatic heterocycles. The fourth-order valence-corrected chi connectivity index (χ4v) is 6.04. The molecule has 29 heavy (non-hydrogen) atoms. The Labute approximate surface area is 169 Å². The maximum absolute atomic E-state index is 12.7. The number of carbonyl (C=O) groups excluding carboxylic acids is 1.